The fraction of sp³-hybridized carbons (Fsp3) is 0.889. The molecule has 1 aliphatic heterocycles. The van der Waals surface area contributed by atoms with Gasteiger partial charge in [-0.3, -0.25) is 5.32 Å². The molecule has 1 N–H and O–H groups in total. The van der Waals surface area contributed by atoms with E-state index in [4.69, 9.17) is 10.00 Å². The Morgan fingerprint density at radius 3 is 2.77 bits per heavy atom. The van der Waals surface area contributed by atoms with Crippen LogP contribution >= 0.6 is 11.8 Å². The topological polar surface area (TPSA) is 45.0 Å². The minimum absolute atomic E-state index is 0.0399. The minimum atomic E-state index is 0.0399. The lowest BCUT2D eigenvalue weighted by molar-refractivity contribution is 0.0455. The maximum absolute atomic E-state index is 8.85. The molecular formula is C9H14N2OS. The van der Waals surface area contributed by atoms with E-state index in [-0.39, 0.29) is 6.04 Å². The number of hydrogen-bond acceptors (Lipinski definition) is 4. The van der Waals surface area contributed by atoms with Crippen molar-refractivity contribution in [3.05, 3.63) is 0 Å². The molecule has 0 aromatic rings. The fourth-order valence-electron chi connectivity index (χ4n) is 1.20. The summed E-state index contributed by atoms with van der Waals surface area (Å²) >= 11 is 1.86. The van der Waals surface area contributed by atoms with Crippen molar-refractivity contribution in [2.45, 2.75) is 30.2 Å². The molecule has 13 heavy (non-hydrogen) atoms. The van der Waals surface area contributed by atoms with Crippen molar-refractivity contribution in [1.29, 1.82) is 5.26 Å². The third-order valence-electron chi connectivity index (χ3n) is 2.28. The molecule has 1 unspecified atom stereocenters. The first-order valence-corrected chi connectivity index (χ1v) is 5.78. The number of nitriles is 1. The summed E-state index contributed by atoms with van der Waals surface area (Å²) in [6.45, 7) is 1.73. The molecule has 2 aliphatic rings. The van der Waals surface area contributed by atoms with E-state index in [1.54, 1.807) is 0 Å². The summed E-state index contributed by atoms with van der Waals surface area (Å²) < 4.78 is 5.07. The van der Waals surface area contributed by atoms with Crippen molar-refractivity contribution in [3.63, 3.8) is 0 Å². The zero-order valence-corrected chi connectivity index (χ0v) is 8.35. The van der Waals surface area contributed by atoms with Crippen LogP contribution in [0.5, 0.6) is 0 Å². The highest BCUT2D eigenvalue weighted by Crippen LogP contribution is 2.22. The summed E-state index contributed by atoms with van der Waals surface area (Å²) in [7, 11) is 0. The van der Waals surface area contributed by atoms with E-state index in [0.717, 1.165) is 19.0 Å². The Kier molecular flexibility index (Phi) is 3.09. The first-order chi connectivity index (χ1) is 6.38. The standard InChI is InChI=1S/C9H14N2OS/c10-3-8(11-7-1-2-7)6-13-9-4-12-5-9/h7-9,11H,1-2,4-6H2. The Hall–Kier alpha value is -0.240. The van der Waals surface area contributed by atoms with Gasteiger partial charge in [0.2, 0.25) is 0 Å². The summed E-state index contributed by atoms with van der Waals surface area (Å²) in [5, 5.41) is 12.8. The predicted octanol–water partition coefficient (Wildman–Crippen LogP) is 0.763. The highest BCUT2D eigenvalue weighted by Gasteiger charge is 2.26. The zero-order valence-electron chi connectivity index (χ0n) is 7.53. The first-order valence-electron chi connectivity index (χ1n) is 4.73. The van der Waals surface area contributed by atoms with Crippen molar-refractivity contribution >= 4 is 11.8 Å². The molecule has 1 aliphatic carbocycles. The van der Waals surface area contributed by atoms with Gasteiger partial charge in [-0.1, -0.05) is 0 Å². The van der Waals surface area contributed by atoms with Gasteiger partial charge in [-0.25, -0.2) is 0 Å². The molecule has 3 nitrogen and oxygen atoms in total. The van der Waals surface area contributed by atoms with Gasteiger partial charge in [0.1, 0.15) is 6.04 Å². The lowest BCUT2D eigenvalue weighted by atomic mass is 10.4. The van der Waals surface area contributed by atoms with Gasteiger partial charge >= 0.3 is 0 Å². The van der Waals surface area contributed by atoms with E-state index in [9.17, 15) is 0 Å². The Balaban J connectivity index is 1.61. The molecule has 4 heteroatoms. The number of thioether (sulfide) groups is 1. The van der Waals surface area contributed by atoms with E-state index in [2.05, 4.69) is 11.4 Å². The maximum atomic E-state index is 8.85. The van der Waals surface area contributed by atoms with Crippen LogP contribution in [-0.4, -0.2) is 36.3 Å². The van der Waals surface area contributed by atoms with E-state index in [0.29, 0.717) is 11.3 Å². The fourth-order valence-corrected chi connectivity index (χ4v) is 2.22. The molecule has 72 valence electrons. The smallest absolute Gasteiger partial charge is 0.105 e. The molecule has 1 saturated heterocycles. The first kappa shape index (κ1) is 9.32. The number of hydrogen-bond donors (Lipinski definition) is 1. The third-order valence-corrected chi connectivity index (χ3v) is 3.55. The van der Waals surface area contributed by atoms with Gasteiger partial charge in [0.05, 0.1) is 24.5 Å². The zero-order chi connectivity index (χ0) is 9.10. The molecule has 0 aromatic carbocycles. The van der Waals surface area contributed by atoms with Crippen molar-refractivity contribution < 1.29 is 4.74 Å². The molecule has 2 fully saturated rings. The second-order valence-electron chi connectivity index (χ2n) is 3.62. The summed E-state index contributed by atoms with van der Waals surface area (Å²) in [6, 6.07) is 2.97. The molecule has 0 amide bonds. The molecule has 1 atom stereocenters. The average Bonchev–Trinajstić information content (AvgIpc) is 2.83. The Morgan fingerprint density at radius 2 is 2.31 bits per heavy atom. The van der Waals surface area contributed by atoms with Crippen LogP contribution in [0.3, 0.4) is 0 Å². The van der Waals surface area contributed by atoms with Gasteiger partial charge in [-0.2, -0.15) is 17.0 Å². The Labute approximate surface area is 82.8 Å². The number of ether oxygens (including phenoxy) is 1. The van der Waals surface area contributed by atoms with Gasteiger partial charge in [-0.05, 0) is 12.8 Å². The van der Waals surface area contributed by atoms with Crippen LogP contribution in [0, 0.1) is 11.3 Å². The molecule has 1 heterocycles. The summed E-state index contributed by atoms with van der Waals surface area (Å²) in [5.41, 5.74) is 0. The number of nitrogens with zero attached hydrogens (tertiary/aromatic N) is 1. The van der Waals surface area contributed by atoms with Crippen LogP contribution in [0.4, 0.5) is 0 Å². The molecule has 2 rings (SSSR count). The maximum Gasteiger partial charge on any atom is 0.105 e. The summed E-state index contributed by atoms with van der Waals surface area (Å²) in [5.74, 6) is 0.904. The molecule has 0 bridgehead atoms. The third kappa shape index (κ3) is 2.87. The second kappa shape index (κ2) is 4.32. The van der Waals surface area contributed by atoms with Crippen LogP contribution in [0.2, 0.25) is 0 Å². The molecule has 0 radical (unpaired) electrons. The SMILES string of the molecule is N#CC(CSC1COC1)NC1CC1. The van der Waals surface area contributed by atoms with Crippen molar-refractivity contribution in [3.8, 4) is 6.07 Å². The highest BCUT2D eigenvalue weighted by molar-refractivity contribution is 8.00. The van der Waals surface area contributed by atoms with Crippen LogP contribution < -0.4 is 5.32 Å². The predicted molar refractivity (Wildman–Crippen MR) is 52.6 cm³/mol. The lowest BCUT2D eigenvalue weighted by Gasteiger charge is -2.26. The van der Waals surface area contributed by atoms with Crippen LogP contribution in [0.25, 0.3) is 0 Å². The Morgan fingerprint density at radius 1 is 1.54 bits per heavy atom. The van der Waals surface area contributed by atoms with Gasteiger partial charge in [-0.15, -0.1) is 0 Å². The van der Waals surface area contributed by atoms with Crippen molar-refractivity contribution in [1.82, 2.24) is 5.32 Å². The number of rotatable bonds is 5. The highest BCUT2D eigenvalue weighted by atomic mass is 32.2. The van der Waals surface area contributed by atoms with Crippen LogP contribution in [0.15, 0.2) is 0 Å². The quantitative estimate of drug-likeness (QED) is 0.708. The molecule has 1 saturated carbocycles. The molecule has 0 spiro atoms. The van der Waals surface area contributed by atoms with E-state index in [1.165, 1.54) is 12.8 Å². The Bertz CT molecular complexity index is 208. The monoisotopic (exact) mass is 198 g/mol. The number of nitrogens with one attached hydrogen (secondary N) is 1. The lowest BCUT2D eigenvalue weighted by Crippen LogP contribution is -2.36. The van der Waals surface area contributed by atoms with Crippen molar-refractivity contribution in [2.75, 3.05) is 19.0 Å². The minimum Gasteiger partial charge on any atom is -0.379 e. The van der Waals surface area contributed by atoms with Gasteiger partial charge in [0.15, 0.2) is 0 Å². The van der Waals surface area contributed by atoms with Gasteiger partial charge in [0.25, 0.3) is 0 Å². The van der Waals surface area contributed by atoms with E-state index >= 15 is 0 Å². The molecule has 0 aromatic heterocycles. The summed E-state index contributed by atoms with van der Waals surface area (Å²) in [6.07, 6.45) is 2.49. The average molecular weight is 198 g/mol. The van der Waals surface area contributed by atoms with Crippen LogP contribution in [-0.2, 0) is 4.74 Å². The second-order valence-corrected chi connectivity index (χ2v) is 4.95. The van der Waals surface area contributed by atoms with Gasteiger partial charge < -0.3 is 4.74 Å². The van der Waals surface area contributed by atoms with E-state index < -0.39 is 0 Å². The van der Waals surface area contributed by atoms with Gasteiger partial charge in [0, 0.05) is 11.8 Å². The van der Waals surface area contributed by atoms with E-state index in [1.807, 2.05) is 11.8 Å². The molecular weight excluding hydrogens is 184 g/mol. The largest absolute Gasteiger partial charge is 0.379 e. The van der Waals surface area contributed by atoms with Crippen molar-refractivity contribution in [2.24, 2.45) is 0 Å². The summed E-state index contributed by atoms with van der Waals surface area (Å²) in [4.78, 5) is 0. The van der Waals surface area contributed by atoms with Crippen LogP contribution in [0.1, 0.15) is 12.8 Å². The normalized spacial score (nSPS) is 24.8.